The van der Waals surface area contributed by atoms with E-state index in [9.17, 15) is 5.11 Å². The van der Waals surface area contributed by atoms with E-state index < -0.39 is 0 Å². The van der Waals surface area contributed by atoms with Gasteiger partial charge in [-0.2, -0.15) is 0 Å². The average Bonchev–Trinajstić information content (AvgIpc) is 2.49. The van der Waals surface area contributed by atoms with E-state index in [0.717, 1.165) is 72.1 Å². The molecule has 21 heavy (non-hydrogen) atoms. The van der Waals surface area contributed by atoms with Crippen molar-refractivity contribution in [2.75, 3.05) is 65.7 Å². The molecule has 0 bridgehead atoms. The third kappa shape index (κ3) is 9.39. The largest absolute Gasteiger partial charge is 0.392 e. The summed E-state index contributed by atoms with van der Waals surface area (Å²) in [4.78, 5) is 4.46. The molecule has 0 aromatic heterocycles. The molecule has 0 radical (unpaired) electrons. The molecule has 2 N–H and O–H groups in total. The van der Waals surface area contributed by atoms with Crippen molar-refractivity contribution >= 4 is 0 Å². The average molecular weight is 304 g/mol. The van der Waals surface area contributed by atoms with Crippen molar-refractivity contribution in [1.82, 2.24) is 9.80 Å². The second kappa shape index (κ2) is 11.3. The number of morpholine rings is 2. The normalized spacial score (nSPS) is 24.0. The molecule has 2 aliphatic rings. The number of β-amino-alcohol motifs (C(OH)–C–C–N with tert-alkyl or cyclic N) is 2. The Labute approximate surface area is 128 Å². The van der Waals surface area contributed by atoms with Crippen molar-refractivity contribution in [2.45, 2.75) is 32.5 Å². The Hall–Kier alpha value is -0.240. The van der Waals surface area contributed by atoms with Gasteiger partial charge in [-0.3, -0.25) is 9.80 Å². The van der Waals surface area contributed by atoms with Crippen LogP contribution >= 0.6 is 0 Å². The lowest BCUT2D eigenvalue weighted by Gasteiger charge is -2.28. The van der Waals surface area contributed by atoms with E-state index in [0.29, 0.717) is 0 Å². The summed E-state index contributed by atoms with van der Waals surface area (Å²) in [7, 11) is 0. The van der Waals surface area contributed by atoms with Crippen LogP contribution in [0.1, 0.15) is 20.3 Å². The van der Waals surface area contributed by atoms with E-state index in [2.05, 4.69) is 9.80 Å². The summed E-state index contributed by atoms with van der Waals surface area (Å²) in [6, 6.07) is 0. The summed E-state index contributed by atoms with van der Waals surface area (Å²) in [6.07, 6.45) is 0.475. The van der Waals surface area contributed by atoms with Gasteiger partial charge in [0.2, 0.25) is 0 Å². The maximum Gasteiger partial charge on any atom is 0.0664 e. The Balaban J connectivity index is 0.000000211. The minimum Gasteiger partial charge on any atom is -0.392 e. The lowest BCUT2D eigenvalue weighted by molar-refractivity contribution is 0.0141. The zero-order valence-electron chi connectivity index (χ0n) is 13.5. The molecule has 2 saturated heterocycles. The van der Waals surface area contributed by atoms with Gasteiger partial charge in [0.05, 0.1) is 38.6 Å². The molecular weight excluding hydrogens is 272 g/mol. The molecule has 2 heterocycles. The number of nitrogens with zero attached hydrogens (tertiary/aromatic N) is 2. The Bertz CT molecular complexity index is 242. The van der Waals surface area contributed by atoms with Gasteiger partial charge in [0.15, 0.2) is 0 Å². The van der Waals surface area contributed by atoms with E-state index >= 15 is 0 Å². The van der Waals surface area contributed by atoms with E-state index in [4.69, 9.17) is 14.6 Å². The highest BCUT2D eigenvalue weighted by molar-refractivity contribution is 4.66. The number of aliphatic hydroxyl groups excluding tert-OH is 2. The van der Waals surface area contributed by atoms with Crippen LogP contribution in [0.3, 0.4) is 0 Å². The van der Waals surface area contributed by atoms with Crippen molar-refractivity contribution in [3.8, 4) is 0 Å². The van der Waals surface area contributed by atoms with Crippen molar-refractivity contribution < 1.29 is 19.7 Å². The highest BCUT2D eigenvalue weighted by Crippen LogP contribution is 2.00. The first-order chi connectivity index (χ1) is 10.1. The van der Waals surface area contributed by atoms with E-state index in [1.165, 1.54) is 0 Å². The lowest BCUT2D eigenvalue weighted by atomic mass is 10.2. The maximum absolute atomic E-state index is 9.33. The summed E-state index contributed by atoms with van der Waals surface area (Å²) in [5.74, 6) is 0. The molecular formula is C15H32N2O4. The van der Waals surface area contributed by atoms with Crippen LogP contribution in [0.2, 0.25) is 0 Å². The van der Waals surface area contributed by atoms with Crippen LogP contribution in [0.5, 0.6) is 0 Å². The second-order valence-electron chi connectivity index (χ2n) is 5.74. The molecule has 126 valence electrons. The first kappa shape index (κ1) is 18.8. The number of aliphatic hydroxyl groups is 2. The minimum atomic E-state index is -0.210. The first-order valence-corrected chi connectivity index (χ1v) is 8.08. The van der Waals surface area contributed by atoms with E-state index in [-0.39, 0.29) is 12.2 Å². The number of hydrogen-bond acceptors (Lipinski definition) is 6. The summed E-state index contributed by atoms with van der Waals surface area (Å²) in [6.45, 7) is 12.5. The molecule has 6 heteroatoms. The quantitative estimate of drug-likeness (QED) is 0.733. The summed E-state index contributed by atoms with van der Waals surface area (Å²) in [5.41, 5.74) is 0. The molecule has 2 unspecified atom stereocenters. The summed E-state index contributed by atoms with van der Waals surface area (Å²) < 4.78 is 10.3. The number of ether oxygens (including phenoxy) is 2. The molecule has 2 fully saturated rings. The fourth-order valence-corrected chi connectivity index (χ4v) is 2.37. The zero-order valence-corrected chi connectivity index (χ0v) is 13.5. The zero-order chi connectivity index (χ0) is 15.5. The van der Waals surface area contributed by atoms with Gasteiger partial charge >= 0.3 is 0 Å². The Morgan fingerprint density at radius 1 is 0.857 bits per heavy atom. The molecule has 0 saturated carbocycles. The maximum atomic E-state index is 9.33. The van der Waals surface area contributed by atoms with Crippen LogP contribution in [0.4, 0.5) is 0 Å². The highest BCUT2D eigenvalue weighted by Gasteiger charge is 2.13. The fraction of sp³-hybridized carbons (Fsp3) is 1.00. The van der Waals surface area contributed by atoms with Gasteiger partial charge < -0.3 is 19.7 Å². The van der Waals surface area contributed by atoms with Crippen molar-refractivity contribution in [2.24, 2.45) is 0 Å². The third-order valence-electron chi connectivity index (χ3n) is 3.67. The highest BCUT2D eigenvalue weighted by atomic mass is 16.5. The number of rotatable bonds is 5. The molecule has 0 amide bonds. The minimum absolute atomic E-state index is 0.159. The van der Waals surface area contributed by atoms with Crippen LogP contribution in [0, 0.1) is 0 Å². The van der Waals surface area contributed by atoms with Gasteiger partial charge in [0.1, 0.15) is 0 Å². The molecule has 6 nitrogen and oxygen atoms in total. The molecule has 0 spiro atoms. The van der Waals surface area contributed by atoms with Crippen molar-refractivity contribution in [3.63, 3.8) is 0 Å². The smallest absolute Gasteiger partial charge is 0.0664 e. The van der Waals surface area contributed by atoms with Gasteiger partial charge in [-0.25, -0.2) is 0 Å². The Morgan fingerprint density at radius 2 is 1.29 bits per heavy atom. The molecule has 2 rings (SSSR count). The SMILES string of the molecule is CC(O)CN1CCOCC1.CCC(O)CN1CCOCC1. The first-order valence-electron chi connectivity index (χ1n) is 8.08. The van der Waals surface area contributed by atoms with Crippen LogP contribution in [-0.2, 0) is 9.47 Å². The van der Waals surface area contributed by atoms with Crippen molar-refractivity contribution in [3.05, 3.63) is 0 Å². The van der Waals surface area contributed by atoms with Gasteiger partial charge in [-0.05, 0) is 13.3 Å². The van der Waals surface area contributed by atoms with Crippen molar-refractivity contribution in [1.29, 1.82) is 0 Å². The lowest BCUT2D eigenvalue weighted by Crippen LogP contribution is -2.40. The third-order valence-corrected chi connectivity index (χ3v) is 3.67. The fourth-order valence-electron chi connectivity index (χ4n) is 2.37. The van der Waals surface area contributed by atoms with E-state index in [1.54, 1.807) is 0 Å². The standard InChI is InChI=1S/C8H17NO2.C7H15NO2/c1-2-8(10)7-9-3-5-11-6-4-9;1-7(9)6-8-2-4-10-5-3-8/h8,10H,2-7H2,1H3;7,9H,2-6H2,1H3. The van der Waals surface area contributed by atoms with E-state index in [1.807, 2.05) is 13.8 Å². The Morgan fingerprint density at radius 3 is 1.67 bits per heavy atom. The topological polar surface area (TPSA) is 65.4 Å². The monoisotopic (exact) mass is 304 g/mol. The summed E-state index contributed by atoms with van der Waals surface area (Å²) >= 11 is 0. The second-order valence-corrected chi connectivity index (χ2v) is 5.74. The molecule has 0 aromatic rings. The van der Waals surface area contributed by atoms with Crippen LogP contribution in [0.15, 0.2) is 0 Å². The van der Waals surface area contributed by atoms with Gasteiger partial charge in [-0.1, -0.05) is 6.92 Å². The van der Waals surface area contributed by atoms with Crippen LogP contribution in [-0.4, -0.2) is 97.9 Å². The molecule has 2 aliphatic heterocycles. The van der Waals surface area contributed by atoms with Gasteiger partial charge in [-0.15, -0.1) is 0 Å². The Kier molecular flexibility index (Phi) is 10.2. The van der Waals surface area contributed by atoms with Gasteiger partial charge in [0, 0.05) is 39.3 Å². The predicted octanol–water partition coefficient (Wildman–Crippen LogP) is -0.211. The van der Waals surface area contributed by atoms with Crippen LogP contribution < -0.4 is 0 Å². The number of hydrogen-bond donors (Lipinski definition) is 2. The van der Waals surface area contributed by atoms with Gasteiger partial charge in [0.25, 0.3) is 0 Å². The molecule has 2 atom stereocenters. The van der Waals surface area contributed by atoms with Crippen LogP contribution in [0.25, 0.3) is 0 Å². The molecule has 0 aromatic carbocycles. The predicted molar refractivity (Wildman–Crippen MR) is 82.5 cm³/mol. The molecule has 0 aliphatic carbocycles. The summed E-state index contributed by atoms with van der Waals surface area (Å²) in [5, 5.41) is 18.3.